The van der Waals surface area contributed by atoms with Crippen molar-refractivity contribution in [2.24, 2.45) is 7.05 Å². The Labute approximate surface area is 230 Å². The molecule has 188 valence electrons. The molecule has 0 bridgehead atoms. The van der Waals surface area contributed by atoms with E-state index in [1.54, 1.807) is 0 Å². The molecule has 0 unspecified atom stereocenters. The molecular weight excluding hydrogens is 472 g/mol. The van der Waals surface area contributed by atoms with Crippen LogP contribution in [0.15, 0.2) is 133 Å². The molecule has 0 radical (unpaired) electrons. The van der Waals surface area contributed by atoms with Crippen LogP contribution in [0.4, 0.5) is 0 Å². The van der Waals surface area contributed by atoms with Crippen LogP contribution < -0.4 is 4.57 Å². The smallest absolute Gasteiger partial charge is 0.234 e. The van der Waals surface area contributed by atoms with Gasteiger partial charge in [0.25, 0.3) is 0 Å². The normalized spacial score (nSPS) is 10.9. The van der Waals surface area contributed by atoms with Crippen LogP contribution >= 0.6 is 0 Å². The van der Waals surface area contributed by atoms with E-state index in [4.69, 9.17) is 4.98 Å². The Bertz CT molecular complexity index is 1760. The van der Waals surface area contributed by atoms with Gasteiger partial charge in [-0.3, -0.25) is 0 Å². The largest absolute Gasteiger partial charge is 0.239 e. The van der Waals surface area contributed by atoms with E-state index in [0.717, 1.165) is 33.9 Å². The second-order valence-corrected chi connectivity index (χ2v) is 10.0. The first-order chi connectivity index (χ1) is 19.1. The van der Waals surface area contributed by atoms with Crippen molar-refractivity contribution >= 4 is 0 Å². The summed E-state index contributed by atoms with van der Waals surface area (Å²) in [5.41, 5.74) is 13.6. The number of benzene rings is 5. The summed E-state index contributed by atoms with van der Waals surface area (Å²) < 4.78 is 2.32. The molecule has 1 heterocycles. The quantitative estimate of drug-likeness (QED) is 0.215. The molecule has 39 heavy (non-hydrogen) atoms. The molecule has 0 aliphatic carbocycles. The predicted octanol–water partition coefficient (Wildman–Crippen LogP) is 8.86. The van der Waals surface area contributed by atoms with E-state index in [9.17, 15) is 0 Å². The third-order valence-electron chi connectivity index (χ3n) is 7.52. The summed E-state index contributed by atoms with van der Waals surface area (Å²) in [5, 5.41) is 0. The first kappa shape index (κ1) is 24.5. The van der Waals surface area contributed by atoms with Crippen molar-refractivity contribution in [3.8, 4) is 56.0 Å². The van der Waals surface area contributed by atoms with Gasteiger partial charge in [-0.15, -0.1) is 0 Å². The van der Waals surface area contributed by atoms with Crippen molar-refractivity contribution in [3.63, 3.8) is 0 Å². The van der Waals surface area contributed by atoms with E-state index in [1.165, 1.54) is 33.4 Å². The Morgan fingerprint density at radius 2 is 0.974 bits per heavy atom. The molecule has 1 aromatic heterocycles. The van der Waals surface area contributed by atoms with Crippen LogP contribution in [0, 0.1) is 13.8 Å². The third-order valence-corrected chi connectivity index (χ3v) is 7.52. The average Bonchev–Trinajstić information content (AvgIpc) is 3.00. The molecule has 5 aromatic carbocycles. The minimum Gasteiger partial charge on any atom is -0.234 e. The maximum absolute atomic E-state index is 5.41. The maximum atomic E-state index is 5.41. The highest BCUT2D eigenvalue weighted by Crippen LogP contribution is 2.36. The molecule has 0 saturated carbocycles. The molecule has 0 atom stereocenters. The number of hydrogen-bond acceptors (Lipinski definition) is 1. The lowest BCUT2D eigenvalue weighted by atomic mass is 9.93. The van der Waals surface area contributed by atoms with Crippen molar-refractivity contribution < 1.29 is 4.57 Å². The molecule has 2 nitrogen and oxygen atoms in total. The van der Waals surface area contributed by atoms with Gasteiger partial charge < -0.3 is 0 Å². The Balaban J connectivity index is 1.63. The minimum atomic E-state index is 0.980. The SMILES string of the molecule is Cc1ccc(-c2ccccc2)cc1-c1c(-c2cccc(-c3ccccc3)c2)nc(-c2ccccc2)c(C)[n+]1C. The van der Waals surface area contributed by atoms with E-state index in [2.05, 4.69) is 159 Å². The highest BCUT2D eigenvalue weighted by atomic mass is 15.0. The minimum absolute atomic E-state index is 0.980. The highest BCUT2D eigenvalue weighted by Gasteiger charge is 2.27. The molecule has 0 amide bonds. The Morgan fingerprint density at radius 1 is 0.462 bits per heavy atom. The van der Waals surface area contributed by atoms with E-state index in [-0.39, 0.29) is 0 Å². The number of aromatic nitrogens is 2. The van der Waals surface area contributed by atoms with Gasteiger partial charge in [0.2, 0.25) is 11.4 Å². The van der Waals surface area contributed by atoms with Gasteiger partial charge in [0, 0.05) is 18.1 Å². The molecular formula is C37H31N2+. The summed E-state index contributed by atoms with van der Waals surface area (Å²) in [7, 11) is 2.16. The number of nitrogens with zero attached hydrogens (tertiary/aromatic N) is 2. The number of hydrogen-bond donors (Lipinski definition) is 0. The molecule has 0 N–H and O–H groups in total. The van der Waals surface area contributed by atoms with Gasteiger partial charge >= 0.3 is 0 Å². The van der Waals surface area contributed by atoms with Crippen LogP contribution in [0.25, 0.3) is 56.0 Å². The van der Waals surface area contributed by atoms with E-state index in [0.29, 0.717) is 0 Å². The monoisotopic (exact) mass is 503 g/mol. The van der Waals surface area contributed by atoms with Crippen LogP contribution in [-0.2, 0) is 7.05 Å². The van der Waals surface area contributed by atoms with E-state index < -0.39 is 0 Å². The van der Waals surface area contributed by atoms with Crippen LogP contribution in [0.1, 0.15) is 11.3 Å². The molecule has 6 rings (SSSR count). The van der Waals surface area contributed by atoms with Gasteiger partial charge in [-0.25, -0.2) is 4.98 Å². The Kier molecular flexibility index (Phi) is 6.61. The lowest BCUT2D eigenvalue weighted by Crippen LogP contribution is -2.37. The molecule has 2 heteroatoms. The summed E-state index contributed by atoms with van der Waals surface area (Å²) in [6, 6.07) is 47.1. The van der Waals surface area contributed by atoms with Crippen LogP contribution in [0.5, 0.6) is 0 Å². The first-order valence-corrected chi connectivity index (χ1v) is 13.4. The summed E-state index contributed by atoms with van der Waals surface area (Å²) in [4.78, 5) is 5.41. The standard InChI is InChI=1S/C37H31N2/c1-26-22-23-32(29-16-9-5-10-17-29)25-34(26)37-36(33-21-13-20-31(24-33)28-14-7-4-8-15-28)38-35(27(2)39(37)3)30-18-11-6-12-19-30/h4-25H,1-3H3/q+1. The molecule has 0 aliphatic heterocycles. The van der Waals surface area contributed by atoms with Crippen molar-refractivity contribution in [1.82, 2.24) is 4.98 Å². The number of aryl methyl sites for hydroxylation is 1. The lowest BCUT2D eigenvalue weighted by molar-refractivity contribution is -0.666. The molecule has 0 saturated heterocycles. The zero-order valence-electron chi connectivity index (χ0n) is 22.6. The fourth-order valence-electron chi connectivity index (χ4n) is 5.27. The van der Waals surface area contributed by atoms with Crippen LogP contribution in [0.2, 0.25) is 0 Å². The van der Waals surface area contributed by atoms with Crippen molar-refractivity contribution in [1.29, 1.82) is 0 Å². The second kappa shape index (κ2) is 10.5. The van der Waals surface area contributed by atoms with Crippen LogP contribution in [-0.4, -0.2) is 4.98 Å². The van der Waals surface area contributed by atoms with Gasteiger partial charge in [0.15, 0.2) is 0 Å². The topological polar surface area (TPSA) is 16.8 Å². The lowest BCUT2D eigenvalue weighted by Gasteiger charge is -2.16. The van der Waals surface area contributed by atoms with Gasteiger partial charge in [0.05, 0.1) is 5.56 Å². The fraction of sp³-hybridized carbons (Fsp3) is 0.0811. The van der Waals surface area contributed by atoms with E-state index >= 15 is 0 Å². The first-order valence-electron chi connectivity index (χ1n) is 13.4. The summed E-state index contributed by atoms with van der Waals surface area (Å²) in [6.07, 6.45) is 0. The molecule has 0 spiro atoms. The number of rotatable bonds is 5. The third kappa shape index (κ3) is 4.78. The zero-order valence-corrected chi connectivity index (χ0v) is 22.6. The Morgan fingerprint density at radius 3 is 1.59 bits per heavy atom. The highest BCUT2D eigenvalue weighted by molar-refractivity contribution is 5.84. The van der Waals surface area contributed by atoms with Crippen molar-refractivity contribution in [3.05, 3.63) is 145 Å². The van der Waals surface area contributed by atoms with Gasteiger partial charge in [-0.1, -0.05) is 121 Å². The van der Waals surface area contributed by atoms with E-state index in [1.807, 2.05) is 0 Å². The predicted molar refractivity (Wildman–Crippen MR) is 162 cm³/mol. The summed E-state index contributed by atoms with van der Waals surface area (Å²) >= 11 is 0. The van der Waals surface area contributed by atoms with Crippen LogP contribution in [0.3, 0.4) is 0 Å². The van der Waals surface area contributed by atoms with Gasteiger partial charge in [0.1, 0.15) is 18.4 Å². The zero-order chi connectivity index (χ0) is 26.8. The maximum Gasteiger partial charge on any atom is 0.239 e. The average molecular weight is 504 g/mol. The molecule has 6 aromatic rings. The second-order valence-electron chi connectivity index (χ2n) is 10.0. The Hall–Kier alpha value is -4.82. The molecule has 0 aliphatic rings. The summed E-state index contributed by atoms with van der Waals surface area (Å²) in [6.45, 7) is 4.36. The van der Waals surface area contributed by atoms with Crippen molar-refractivity contribution in [2.45, 2.75) is 13.8 Å². The molecule has 0 fully saturated rings. The summed E-state index contributed by atoms with van der Waals surface area (Å²) in [5.74, 6) is 0. The van der Waals surface area contributed by atoms with Gasteiger partial charge in [-0.05, 0) is 46.9 Å². The van der Waals surface area contributed by atoms with Crippen molar-refractivity contribution in [2.75, 3.05) is 0 Å². The fourth-order valence-corrected chi connectivity index (χ4v) is 5.27. The van der Waals surface area contributed by atoms with Gasteiger partial charge in [-0.2, -0.15) is 4.57 Å².